The lowest BCUT2D eigenvalue weighted by atomic mass is 10.1. The number of nitrogens with zero attached hydrogens (tertiary/aromatic N) is 4. The van der Waals surface area contributed by atoms with Gasteiger partial charge in [-0.05, 0) is 75.4 Å². The first kappa shape index (κ1) is 28.2. The van der Waals surface area contributed by atoms with Crippen molar-refractivity contribution < 1.29 is 22.4 Å². The number of sulfone groups is 1. The fraction of sp³-hybridized carbons (Fsp3) is 0.379. The summed E-state index contributed by atoms with van der Waals surface area (Å²) >= 11 is 0. The van der Waals surface area contributed by atoms with Crippen LogP contribution in [0.3, 0.4) is 0 Å². The zero-order chi connectivity index (χ0) is 29.0. The zero-order valence-corrected chi connectivity index (χ0v) is 23.6. The molecule has 12 heteroatoms. The number of hydrogen-bond acceptors (Lipinski definition) is 9. The molecule has 0 bridgehead atoms. The maximum atomic E-state index is 13.7. The molecule has 0 unspecified atom stereocenters. The standard InChI is InChI=1S/C29H32N6O5S/c1-20-16-21-17-22(10-11-24(21)40-20)32-28(25(18-30)41(38,39)26-9-2-4-12-31-26)33-23-8-3-5-15-35(29(23)37)19-27(36)34-13-6-7-14-34/h2,4,9-12,16-17,23,32-33H,3,5-8,13-15,19H2,1H3/b28-25-/t23-/m0/s1. The van der Waals surface area contributed by atoms with Crippen LogP contribution in [0.4, 0.5) is 5.69 Å². The number of nitrogens with one attached hydrogen (secondary N) is 2. The van der Waals surface area contributed by atoms with Gasteiger partial charge in [-0.2, -0.15) is 5.26 Å². The average molecular weight is 577 g/mol. The van der Waals surface area contributed by atoms with Crippen LogP contribution in [0, 0.1) is 18.3 Å². The van der Waals surface area contributed by atoms with Gasteiger partial charge in [0.25, 0.3) is 0 Å². The number of likely N-dealkylation sites (tertiary alicyclic amines) is 2. The molecule has 214 valence electrons. The van der Waals surface area contributed by atoms with E-state index in [9.17, 15) is 23.3 Å². The van der Waals surface area contributed by atoms with E-state index < -0.39 is 20.8 Å². The van der Waals surface area contributed by atoms with Crippen LogP contribution in [-0.2, 0) is 19.4 Å². The highest BCUT2D eigenvalue weighted by Gasteiger charge is 2.33. The quantitative estimate of drug-likeness (QED) is 0.385. The van der Waals surface area contributed by atoms with Crippen molar-refractivity contribution >= 4 is 38.3 Å². The van der Waals surface area contributed by atoms with Crippen molar-refractivity contribution in [2.45, 2.75) is 50.1 Å². The molecule has 2 amide bonds. The Balaban J connectivity index is 1.49. The van der Waals surface area contributed by atoms with Crippen LogP contribution in [0.15, 0.2) is 68.8 Å². The van der Waals surface area contributed by atoms with E-state index >= 15 is 0 Å². The number of carbonyl (C=O) groups excluding carboxylic acids is 2. The molecule has 0 spiro atoms. The monoisotopic (exact) mass is 576 g/mol. The summed E-state index contributed by atoms with van der Waals surface area (Å²) < 4.78 is 32.8. The number of hydrogen-bond donors (Lipinski definition) is 2. The summed E-state index contributed by atoms with van der Waals surface area (Å²) in [6.45, 7) is 3.60. The van der Waals surface area contributed by atoms with Crippen molar-refractivity contribution in [3.8, 4) is 6.07 Å². The summed E-state index contributed by atoms with van der Waals surface area (Å²) in [6, 6.07) is 12.4. The number of pyridine rings is 1. The molecule has 41 heavy (non-hydrogen) atoms. The lowest BCUT2D eigenvalue weighted by Gasteiger charge is -2.28. The minimum atomic E-state index is -4.35. The van der Waals surface area contributed by atoms with E-state index in [1.165, 1.54) is 23.2 Å². The fourth-order valence-corrected chi connectivity index (χ4v) is 6.38. The molecule has 1 atom stereocenters. The van der Waals surface area contributed by atoms with Gasteiger partial charge in [0.05, 0.1) is 6.54 Å². The summed E-state index contributed by atoms with van der Waals surface area (Å²) in [5.41, 5.74) is 1.15. The first-order valence-corrected chi connectivity index (χ1v) is 15.2. The number of amides is 2. The first-order valence-electron chi connectivity index (χ1n) is 13.7. The van der Waals surface area contributed by atoms with Gasteiger partial charge < -0.3 is 24.9 Å². The van der Waals surface area contributed by atoms with Crippen molar-refractivity contribution in [1.82, 2.24) is 20.1 Å². The molecule has 2 fully saturated rings. The largest absolute Gasteiger partial charge is 0.461 e. The maximum absolute atomic E-state index is 13.7. The van der Waals surface area contributed by atoms with E-state index in [4.69, 9.17) is 4.42 Å². The minimum absolute atomic E-state index is 0.0304. The summed E-state index contributed by atoms with van der Waals surface area (Å²) in [5.74, 6) is 0.171. The van der Waals surface area contributed by atoms with Gasteiger partial charge in [-0.25, -0.2) is 13.4 Å². The molecule has 0 aliphatic carbocycles. The Labute approximate surface area is 238 Å². The smallest absolute Gasteiger partial charge is 0.245 e. The third-order valence-electron chi connectivity index (χ3n) is 7.30. The van der Waals surface area contributed by atoms with E-state index in [-0.39, 0.29) is 29.2 Å². The Morgan fingerprint density at radius 3 is 2.63 bits per heavy atom. The van der Waals surface area contributed by atoms with Gasteiger partial charge in [0, 0.05) is 36.9 Å². The molecule has 4 heterocycles. The highest BCUT2D eigenvalue weighted by atomic mass is 32.2. The molecular weight excluding hydrogens is 544 g/mol. The van der Waals surface area contributed by atoms with Gasteiger partial charge in [-0.15, -0.1) is 0 Å². The Morgan fingerprint density at radius 1 is 1.12 bits per heavy atom. The topological polar surface area (TPSA) is 149 Å². The molecule has 2 N–H and O–H groups in total. The van der Waals surface area contributed by atoms with Gasteiger partial charge in [-0.1, -0.05) is 6.07 Å². The van der Waals surface area contributed by atoms with Gasteiger partial charge in [0.1, 0.15) is 29.3 Å². The van der Waals surface area contributed by atoms with Crippen molar-refractivity contribution in [3.63, 3.8) is 0 Å². The second-order valence-corrected chi connectivity index (χ2v) is 12.1. The Morgan fingerprint density at radius 2 is 1.90 bits per heavy atom. The SMILES string of the molecule is Cc1cc2cc(N/C(N[C@H]3CCCCN(CC(=O)N4CCCC4)C3=O)=C(\C#N)S(=O)(=O)c3ccccn3)ccc2o1. The molecule has 2 aliphatic heterocycles. The van der Waals surface area contributed by atoms with Crippen molar-refractivity contribution in [2.24, 2.45) is 0 Å². The van der Waals surface area contributed by atoms with Crippen LogP contribution >= 0.6 is 0 Å². The van der Waals surface area contributed by atoms with Crippen LogP contribution in [-0.4, -0.2) is 67.2 Å². The molecule has 11 nitrogen and oxygen atoms in total. The molecule has 5 rings (SSSR count). The number of benzene rings is 1. The average Bonchev–Trinajstić information content (AvgIpc) is 3.60. The minimum Gasteiger partial charge on any atom is -0.461 e. The molecule has 0 radical (unpaired) electrons. The highest BCUT2D eigenvalue weighted by molar-refractivity contribution is 7.95. The number of carbonyl (C=O) groups is 2. The summed E-state index contributed by atoms with van der Waals surface area (Å²) in [6.07, 6.45) is 5.03. The van der Waals surface area contributed by atoms with E-state index in [1.54, 1.807) is 29.2 Å². The van der Waals surface area contributed by atoms with E-state index in [1.807, 2.05) is 19.1 Å². The van der Waals surface area contributed by atoms with Crippen LogP contribution < -0.4 is 10.6 Å². The van der Waals surface area contributed by atoms with Gasteiger partial charge in [-0.3, -0.25) is 9.59 Å². The van der Waals surface area contributed by atoms with Crippen molar-refractivity contribution in [3.05, 3.63) is 65.1 Å². The third kappa shape index (κ3) is 6.20. The van der Waals surface area contributed by atoms with Crippen LogP contribution in [0.2, 0.25) is 0 Å². The van der Waals surface area contributed by atoms with E-state index in [0.29, 0.717) is 55.9 Å². The predicted molar refractivity (Wildman–Crippen MR) is 152 cm³/mol. The molecule has 2 aromatic heterocycles. The Hall–Kier alpha value is -4.37. The van der Waals surface area contributed by atoms with Gasteiger partial charge in [0.15, 0.2) is 9.93 Å². The number of furan rings is 1. The first-order chi connectivity index (χ1) is 19.8. The van der Waals surface area contributed by atoms with E-state index in [2.05, 4.69) is 15.6 Å². The van der Waals surface area contributed by atoms with Crippen LogP contribution in [0.5, 0.6) is 0 Å². The zero-order valence-electron chi connectivity index (χ0n) is 22.8. The van der Waals surface area contributed by atoms with Gasteiger partial charge in [0.2, 0.25) is 21.7 Å². The second-order valence-electron chi connectivity index (χ2n) is 10.3. The number of rotatable bonds is 8. The molecule has 1 aromatic carbocycles. The predicted octanol–water partition coefficient (Wildman–Crippen LogP) is 3.31. The fourth-order valence-electron chi connectivity index (χ4n) is 5.22. The summed E-state index contributed by atoms with van der Waals surface area (Å²) in [5, 5.41) is 16.7. The van der Waals surface area contributed by atoms with Gasteiger partial charge >= 0.3 is 0 Å². The van der Waals surface area contributed by atoms with Crippen LogP contribution in [0.1, 0.15) is 37.9 Å². The molecule has 2 aliphatic rings. The lowest BCUT2D eigenvalue weighted by molar-refractivity contribution is -0.140. The van der Waals surface area contributed by atoms with Crippen molar-refractivity contribution in [2.75, 3.05) is 31.5 Å². The molecule has 3 aromatic rings. The summed E-state index contributed by atoms with van der Waals surface area (Å²) in [4.78, 5) is 33.2. The Bertz CT molecular complexity index is 1620. The number of aromatic nitrogens is 1. The maximum Gasteiger partial charge on any atom is 0.245 e. The molecule has 0 saturated carbocycles. The lowest BCUT2D eigenvalue weighted by Crippen LogP contribution is -2.49. The number of anilines is 1. The van der Waals surface area contributed by atoms with Crippen LogP contribution in [0.25, 0.3) is 11.0 Å². The molecular formula is C29H32N6O5S. The Kier molecular flexibility index (Phi) is 8.26. The molecule has 2 saturated heterocycles. The second kappa shape index (κ2) is 12.0. The number of allylic oxidation sites excluding steroid dienone is 1. The number of fused-ring (bicyclic) bond motifs is 1. The summed E-state index contributed by atoms with van der Waals surface area (Å²) in [7, 11) is -4.35. The number of nitriles is 1. The van der Waals surface area contributed by atoms with Crippen molar-refractivity contribution in [1.29, 1.82) is 5.26 Å². The third-order valence-corrected chi connectivity index (χ3v) is 8.93. The normalized spacial score (nSPS) is 18.5. The number of aryl methyl sites for hydroxylation is 1. The van der Waals surface area contributed by atoms with E-state index in [0.717, 1.165) is 18.2 Å². The highest BCUT2D eigenvalue weighted by Crippen LogP contribution is 2.26.